The Morgan fingerprint density at radius 3 is 2.79 bits per heavy atom. The first-order chi connectivity index (χ1) is 13.7. The summed E-state index contributed by atoms with van der Waals surface area (Å²) in [6.45, 7) is -0.179. The van der Waals surface area contributed by atoms with Gasteiger partial charge in [0.25, 0.3) is 5.91 Å². The number of amides is 1. The second-order valence-electron chi connectivity index (χ2n) is 6.86. The summed E-state index contributed by atoms with van der Waals surface area (Å²) in [5.74, 6) is -0.164. The van der Waals surface area contributed by atoms with E-state index >= 15 is 0 Å². The molecule has 3 aromatic rings. The van der Waals surface area contributed by atoms with E-state index in [4.69, 9.17) is 4.74 Å². The number of benzene rings is 2. The molecule has 2 N–H and O–H groups in total. The Bertz CT molecular complexity index is 1040. The van der Waals surface area contributed by atoms with Crippen LogP contribution in [-0.2, 0) is 22.4 Å². The summed E-state index contributed by atoms with van der Waals surface area (Å²) in [4.78, 5) is 27.6. The fraction of sp³-hybridized carbons (Fsp3) is 0.273. The van der Waals surface area contributed by atoms with Crippen molar-refractivity contribution in [3.8, 4) is 5.75 Å². The highest BCUT2D eigenvalue weighted by Gasteiger charge is 2.19. The minimum absolute atomic E-state index is 0.179. The van der Waals surface area contributed by atoms with Crippen LogP contribution in [-0.4, -0.2) is 30.6 Å². The van der Waals surface area contributed by atoms with Crippen LogP contribution in [0.1, 0.15) is 34.5 Å². The number of carbonyl (C=O) groups excluding carboxylic acids is 2. The third-order valence-corrected chi connectivity index (χ3v) is 5.05. The smallest absolute Gasteiger partial charge is 0.343 e. The highest BCUT2D eigenvalue weighted by Crippen LogP contribution is 2.31. The number of aromatic amines is 1. The zero-order chi connectivity index (χ0) is 19.5. The standard InChI is InChI=1S/C22H22N2O4/c1-27-20(25)13-28-15-7-4-6-14(12-15)23-22(26)18-10-5-9-17-16-8-2-3-11-19(16)24-21(17)18/h4-7,9-10,12,24H,2-3,8,11,13H2,1H3,(H,23,26). The van der Waals surface area contributed by atoms with Gasteiger partial charge in [-0.05, 0) is 49.4 Å². The second kappa shape index (κ2) is 7.76. The number of ether oxygens (including phenoxy) is 2. The van der Waals surface area contributed by atoms with Gasteiger partial charge in [0.1, 0.15) is 5.75 Å². The van der Waals surface area contributed by atoms with Crippen molar-refractivity contribution in [3.63, 3.8) is 0 Å². The molecule has 0 fully saturated rings. The summed E-state index contributed by atoms with van der Waals surface area (Å²) in [7, 11) is 1.31. The van der Waals surface area contributed by atoms with E-state index in [9.17, 15) is 9.59 Å². The van der Waals surface area contributed by atoms with Crippen LogP contribution in [0.15, 0.2) is 42.5 Å². The number of H-pyrrole nitrogens is 1. The number of methoxy groups -OCH3 is 1. The van der Waals surface area contributed by atoms with Crippen LogP contribution in [0.5, 0.6) is 5.75 Å². The van der Waals surface area contributed by atoms with Gasteiger partial charge in [-0.15, -0.1) is 0 Å². The predicted molar refractivity (Wildman–Crippen MR) is 107 cm³/mol. The van der Waals surface area contributed by atoms with E-state index < -0.39 is 5.97 Å². The van der Waals surface area contributed by atoms with Crippen LogP contribution in [0.25, 0.3) is 10.9 Å². The summed E-state index contributed by atoms with van der Waals surface area (Å²) in [5.41, 5.74) is 4.70. The molecule has 1 heterocycles. The van der Waals surface area contributed by atoms with E-state index in [0.717, 1.165) is 23.7 Å². The number of para-hydroxylation sites is 1. The van der Waals surface area contributed by atoms with Gasteiger partial charge < -0.3 is 19.8 Å². The van der Waals surface area contributed by atoms with Crippen molar-refractivity contribution in [3.05, 3.63) is 59.3 Å². The lowest BCUT2D eigenvalue weighted by molar-refractivity contribution is -0.142. The topological polar surface area (TPSA) is 80.4 Å². The van der Waals surface area contributed by atoms with Gasteiger partial charge in [-0.2, -0.15) is 0 Å². The molecule has 6 heteroatoms. The predicted octanol–water partition coefficient (Wildman–Crippen LogP) is 3.85. The lowest BCUT2D eigenvalue weighted by Gasteiger charge is -2.10. The van der Waals surface area contributed by atoms with Gasteiger partial charge in [0.05, 0.1) is 18.2 Å². The van der Waals surface area contributed by atoms with Crippen LogP contribution >= 0.6 is 0 Å². The molecule has 0 aliphatic heterocycles. The number of aromatic nitrogens is 1. The van der Waals surface area contributed by atoms with Crippen molar-refractivity contribution >= 4 is 28.5 Å². The van der Waals surface area contributed by atoms with Crippen LogP contribution in [0.3, 0.4) is 0 Å². The van der Waals surface area contributed by atoms with Crippen molar-refractivity contribution in [1.29, 1.82) is 0 Å². The largest absolute Gasteiger partial charge is 0.482 e. The van der Waals surface area contributed by atoms with Gasteiger partial charge in [0, 0.05) is 22.8 Å². The molecule has 0 spiro atoms. The lowest BCUT2D eigenvalue weighted by atomic mass is 9.95. The number of hydrogen-bond donors (Lipinski definition) is 2. The monoisotopic (exact) mass is 378 g/mol. The molecule has 28 heavy (non-hydrogen) atoms. The van der Waals surface area contributed by atoms with E-state index in [1.807, 2.05) is 12.1 Å². The highest BCUT2D eigenvalue weighted by atomic mass is 16.6. The maximum absolute atomic E-state index is 12.9. The molecule has 1 aromatic heterocycles. The van der Waals surface area contributed by atoms with Gasteiger partial charge in [-0.25, -0.2) is 4.79 Å². The SMILES string of the molecule is COC(=O)COc1cccc(NC(=O)c2cccc3c4c([nH]c23)CCCC4)c1. The summed E-state index contributed by atoms with van der Waals surface area (Å²) in [5, 5.41) is 4.05. The molecular formula is C22H22N2O4. The summed E-state index contributed by atoms with van der Waals surface area (Å²) in [6.07, 6.45) is 4.46. The lowest BCUT2D eigenvalue weighted by Crippen LogP contribution is -2.14. The van der Waals surface area contributed by atoms with Gasteiger partial charge >= 0.3 is 5.97 Å². The third kappa shape index (κ3) is 3.58. The summed E-state index contributed by atoms with van der Waals surface area (Å²) < 4.78 is 9.94. The van der Waals surface area contributed by atoms with E-state index in [1.54, 1.807) is 24.3 Å². The molecule has 0 bridgehead atoms. The Kier molecular flexibility index (Phi) is 5.02. The molecule has 144 valence electrons. The van der Waals surface area contributed by atoms with Crippen molar-refractivity contribution in [2.45, 2.75) is 25.7 Å². The number of aryl methyl sites for hydroxylation is 2. The number of carbonyl (C=O) groups is 2. The Labute approximate surface area is 162 Å². The van der Waals surface area contributed by atoms with Crippen LogP contribution < -0.4 is 10.1 Å². The number of nitrogens with one attached hydrogen (secondary N) is 2. The molecule has 0 saturated heterocycles. The Morgan fingerprint density at radius 2 is 1.93 bits per heavy atom. The number of fused-ring (bicyclic) bond motifs is 3. The zero-order valence-electron chi connectivity index (χ0n) is 15.7. The van der Waals surface area contributed by atoms with Gasteiger partial charge in [-0.1, -0.05) is 18.2 Å². The fourth-order valence-corrected chi connectivity index (χ4v) is 3.68. The quantitative estimate of drug-likeness (QED) is 0.661. The maximum atomic E-state index is 12.9. The van der Waals surface area contributed by atoms with E-state index in [-0.39, 0.29) is 12.5 Å². The molecule has 4 rings (SSSR count). The zero-order valence-corrected chi connectivity index (χ0v) is 15.7. The van der Waals surface area contributed by atoms with Crippen LogP contribution in [0, 0.1) is 0 Å². The van der Waals surface area contributed by atoms with E-state index in [0.29, 0.717) is 17.0 Å². The van der Waals surface area contributed by atoms with Gasteiger partial charge in [0.2, 0.25) is 0 Å². The molecule has 0 saturated carbocycles. The van der Waals surface area contributed by atoms with Crippen molar-refractivity contribution in [2.24, 2.45) is 0 Å². The number of esters is 1. The first kappa shape index (κ1) is 18.1. The Morgan fingerprint density at radius 1 is 1.11 bits per heavy atom. The third-order valence-electron chi connectivity index (χ3n) is 5.05. The molecule has 1 aliphatic carbocycles. The summed E-state index contributed by atoms with van der Waals surface area (Å²) in [6, 6.07) is 12.8. The summed E-state index contributed by atoms with van der Waals surface area (Å²) >= 11 is 0. The first-order valence-electron chi connectivity index (χ1n) is 9.39. The molecule has 1 amide bonds. The molecule has 0 radical (unpaired) electrons. The minimum atomic E-state index is -0.461. The Hall–Kier alpha value is -3.28. The highest BCUT2D eigenvalue weighted by molar-refractivity contribution is 6.12. The second-order valence-corrected chi connectivity index (χ2v) is 6.86. The number of hydrogen-bond acceptors (Lipinski definition) is 4. The molecule has 0 unspecified atom stereocenters. The first-order valence-corrected chi connectivity index (χ1v) is 9.39. The maximum Gasteiger partial charge on any atom is 0.343 e. The number of anilines is 1. The van der Waals surface area contributed by atoms with Crippen LogP contribution in [0.4, 0.5) is 5.69 Å². The molecule has 2 aromatic carbocycles. The van der Waals surface area contributed by atoms with E-state index in [2.05, 4.69) is 21.1 Å². The van der Waals surface area contributed by atoms with Crippen molar-refractivity contribution in [1.82, 2.24) is 4.98 Å². The van der Waals surface area contributed by atoms with Gasteiger partial charge in [0.15, 0.2) is 6.61 Å². The Balaban J connectivity index is 1.56. The van der Waals surface area contributed by atoms with E-state index in [1.165, 1.54) is 31.2 Å². The normalized spacial score (nSPS) is 13.0. The van der Waals surface area contributed by atoms with Crippen molar-refractivity contribution < 1.29 is 19.1 Å². The molecular weight excluding hydrogens is 356 g/mol. The molecule has 0 atom stereocenters. The average Bonchev–Trinajstić information content (AvgIpc) is 3.11. The van der Waals surface area contributed by atoms with Crippen molar-refractivity contribution in [2.75, 3.05) is 19.0 Å². The molecule has 6 nitrogen and oxygen atoms in total. The minimum Gasteiger partial charge on any atom is -0.482 e. The fourth-order valence-electron chi connectivity index (χ4n) is 3.68. The number of rotatable bonds is 5. The molecule has 1 aliphatic rings. The van der Waals surface area contributed by atoms with Crippen LogP contribution in [0.2, 0.25) is 0 Å². The average molecular weight is 378 g/mol. The van der Waals surface area contributed by atoms with Gasteiger partial charge in [-0.3, -0.25) is 4.79 Å².